The first kappa shape index (κ1) is 16.8. The predicted molar refractivity (Wildman–Crippen MR) is 85.9 cm³/mol. The zero-order valence-electron chi connectivity index (χ0n) is 14.1. The molecule has 0 heterocycles. The molecule has 4 unspecified atom stereocenters. The maximum atomic E-state index is 9.58. The average Bonchev–Trinajstić information content (AvgIpc) is 3.33. The van der Waals surface area contributed by atoms with Crippen molar-refractivity contribution in [2.75, 3.05) is 20.3 Å². The van der Waals surface area contributed by atoms with Gasteiger partial charge in [-0.15, -0.1) is 0 Å². The van der Waals surface area contributed by atoms with Crippen LogP contribution in [0.3, 0.4) is 0 Å². The van der Waals surface area contributed by atoms with Crippen LogP contribution < -0.4 is 0 Å². The second-order valence-corrected chi connectivity index (χ2v) is 7.08. The Morgan fingerprint density at radius 2 is 2.05 bits per heavy atom. The fraction of sp³-hybridized carbons (Fsp3) is 0.944. The molecule has 0 aromatic rings. The van der Waals surface area contributed by atoms with Crippen LogP contribution in [0.4, 0.5) is 0 Å². The van der Waals surface area contributed by atoms with E-state index in [0.29, 0.717) is 12.1 Å². The second kappa shape index (κ2) is 8.15. The zero-order chi connectivity index (χ0) is 15.2. The highest BCUT2D eigenvalue weighted by molar-refractivity contribution is 5.00. The summed E-state index contributed by atoms with van der Waals surface area (Å²) in [7, 11) is 1.78. The molecule has 2 saturated carbocycles. The molecule has 2 aliphatic carbocycles. The summed E-state index contributed by atoms with van der Waals surface area (Å²) in [5, 5.41) is 9.58. The molecule has 0 aromatic heterocycles. The molecule has 0 aliphatic heterocycles. The van der Waals surface area contributed by atoms with Gasteiger partial charge in [0.2, 0.25) is 0 Å². The largest absolute Gasteiger partial charge is 0.383 e. The van der Waals surface area contributed by atoms with Crippen molar-refractivity contribution in [1.82, 2.24) is 4.90 Å². The highest BCUT2D eigenvalue weighted by Gasteiger charge is 2.40. The highest BCUT2D eigenvalue weighted by Crippen LogP contribution is 2.40. The molecule has 0 amide bonds. The molecule has 21 heavy (non-hydrogen) atoms. The first-order valence-corrected chi connectivity index (χ1v) is 8.85. The second-order valence-electron chi connectivity index (χ2n) is 7.08. The van der Waals surface area contributed by atoms with Gasteiger partial charge in [0.1, 0.15) is 0 Å². The minimum atomic E-state index is 0.219. The molecular weight excluding hydrogens is 260 g/mol. The van der Waals surface area contributed by atoms with E-state index < -0.39 is 0 Å². The molecule has 0 aromatic carbocycles. The van der Waals surface area contributed by atoms with Gasteiger partial charge in [-0.1, -0.05) is 19.8 Å². The van der Waals surface area contributed by atoms with Crippen LogP contribution >= 0.6 is 0 Å². The van der Waals surface area contributed by atoms with Crippen molar-refractivity contribution in [3.05, 3.63) is 0 Å². The van der Waals surface area contributed by atoms with Crippen molar-refractivity contribution in [1.29, 1.82) is 5.26 Å². The van der Waals surface area contributed by atoms with Crippen LogP contribution in [0.1, 0.15) is 58.8 Å². The van der Waals surface area contributed by atoms with Crippen LogP contribution in [-0.2, 0) is 4.74 Å². The normalized spacial score (nSPS) is 31.1. The Morgan fingerprint density at radius 3 is 2.62 bits per heavy atom. The Bertz CT molecular complexity index is 348. The maximum Gasteiger partial charge on any atom is 0.0672 e. The number of nitriles is 1. The predicted octanol–water partition coefficient (Wildman–Crippen LogP) is 3.84. The summed E-state index contributed by atoms with van der Waals surface area (Å²) in [6.07, 6.45) is 8.88. The molecular formula is C18H32N2O. The molecule has 2 rings (SSSR count). The number of methoxy groups -OCH3 is 1. The lowest BCUT2D eigenvalue weighted by atomic mass is 9.76. The van der Waals surface area contributed by atoms with E-state index in [4.69, 9.17) is 4.74 Å². The van der Waals surface area contributed by atoms with Crippen molar-refractivity contribution in [3.63, 3.8) is 0 Å². The zero-order valence-corrected chi connectivity index (χ0v) is 14.1. The van der Waals surface area contributed by atoms with Crippen LogP contribution in [0.5, 0.6) is 0 Å². The summed E-state index contributed by atoms with van der Waals surface area (Å²) in [4.78, 5) is 2.62. The standard InChI is InChI=1S/C18H32N2O/c1-4-5-15-6-7-17(13-19)18(12-15)20(10-11-21-3)14(2)16-8-9-16/h14-18H,4-12H2,1-3H3. The third kappa shape index (κ3) is 4.44. The molecule has 0 N–H and O–H groups in total. The van der Waals surface area contributed by atoms with Crippen LogP contribution in [0.25, 0.3) is 0 Å². The van der Waals surface area contributed by atoms with E-state index in [-0.39, 0.29) is 5.92 Å². The number of ether oxygens (including phenoxy) is 1. The van der Waals surface area contributed by atoms with E-state index >= 15 is 0 Å². The Kier molecular flexibility index (Phi) is 6.51. The summed E-state index contributed by atoms with van der Waals surface area (Å²) in [6.45, 7) is 6.41. The third-order valence-electron chi connectivity index (χ3n) is 5.59. The molecule has 2 aliphatic rings. The molecule has 4 atom stereocenters. The third-order valence-corrected chi connectivity index (χ3v) is 5.59. The van der Waals surface area contributed by atoms with Crippen LogP contribution in [0.15, 0.2) is 0 Å². The molecule has 3 nitrogen and oxygen atoms in total. The minimum Gasteiger partial charge on any atom is -0.383 e. The lowest BCUT2D eigenvalue weighted by molar-refractivity contribution is 0.0347. The lowest BCUT2D eigenvalue weighted by Crippen LogP contribution is -2.50. The first-order chi connectivity index (χ1) is 10.2. The van der Waals surface area contributed by atoms with Gasteiger partial charge < -0.3 is 4.74 Å². The van der Waals surface area contributed by atoms with Crippen LogP contribution in [-0.4, -0.2) is 37.2 Å². The van der Waals surface area contributed by atoms with Crippen molar-refractivity contribution >= 4 is 0 Å². The fourth-order valence-corrected chi connectivity index (χ4v) is 4.14. The molecule has 0 spiro atoms. The highest BCUT2D eigenvalue weighted by atomic mass is 16.5. The summed E-state index contributed by atoms with van der Waals surface area (Å²) in [5.41, 5.74) is 0. The van der Waals surface area contributed by atoms with E-state index in [1.807, 2.05) is 0 Å². The molecule has 0 saturated heterocycles. The first-order valence-electron chi connectivity index (χ1n) is 8.85. The molecule has 2 fully saturated rings. The Hall–Kier alpha value is -0.590. The maximum absolute atomic E-state index is 9.58. The number of rotatable bonds is 8. The van der Waals surface area contributed by atoms with Gasteiger partial charge in [-0.3, -0.25) is 4.90 Å². The van der Waals surface area contributed by atoms with Gasteiger partial charge in [-0.05, 0) is 50.9 Å². The Morgan fingerprint density at radius 1 is 1.29 bits per heavy atom. The van der Waals surface area contributed by atoms with Gasteiger partial charge in [0, 0.05) is 25.7 Å². The van der Waals surface area contributed by atoms with E-state index in [1.165, 1.54) is 38.5 Å². The average molecular weight is 292 g/mol. The molecule has 3 heteroatoms. The van der Waals surface area contributed by atoms with Crippen molar-refractivity contribution < 1.29 is 4.74 Å². The van der Waals surface area contributed by atoms with Crippen molar-refractivity contribution in [3.8, 4) is 6.07 Å². The van der Waals surface area contributed by atoms with Crippen molar-refractivity contribution in [2.24, 2.45) is 17.8 Å². The summed E-state index contributed by atoms with van der Waals surface area (Å²) >= 11 is 0. The molecule has 120 valence electrons. The molecule has 0 radical (unpaired) electrons. The van der Waals surface area contributed by atoms with Crippen LogP contribution in [0, 0.1) is 29.1 Å². The minimum absolute atomic E-state index is 0.219. The number of nitrogens with zero attached hydrogens (tertiary/aromatic N) is 2. The topological polar surface area (TPSA) is 36.3 Å². The van der Waals surface area contributed by atoms with E-state index in [1.54, 1.807) is 7.11 Å². The van der Waals surface area contributed by atoms with Gasteiger partial charge in [0.15, 0.2) is 0 Å². The molecule has 0 bridgehead atoms. The Labute approximate surface area is 130 Å². The van der Waals surface area contributed by atoms with Crippen LogP contribution in [0.2, 0.25) is 0 Å². The van der Waals surface area contributed by atoms with Gasteiger partial charge in [0.25, 0.3) is 0 Å². The van der Waals surface area contributed by atoms with Gasteiger partial charge in [-0.25, -0.2) is 0 Å². The smallest absolute Gasteiger partial charge is 0.0672 e. The van der Waals surface area contributed by atoms with Gasteiger partial charge >= 0.3 is 0 Å². The number of hydrogen-bond donors (Lipinski definition) is 0. The van der Waals surface area contributed by atoms with E-state index in [9.17, 15) is 5.26 Å². The van der Waals surface area contributed by atoms with E-state index in [0.717, 1.165) is 31.4 Å². The quantitative estimate of drug-likeness (QED) is 0.682. The summed E-state index contributed by atoms with van der Waals surface area (Å²) in [5.74, 6) is 1.89. The lowest BCUT2D eigenvalue weighted by Gasteiger charge is -2.43. The fourth-order valence-electron chi connectivity index (χ4n) is 4.14. The van der Waals surface area contributed by atoms with Gasteiger partial charge in [-0.2, -0.15) is 5.26 Å². The van der Waals surface area contributed by atoms with E-state index in [2.05, 4.69) is 24.8 Å². The van der Waals surface area contributed by atoms with Crippen molar-refractivity contribution in [2.45, 2.75) is 70.9 Å². The SMILES string of the molecule is CCCC1CCC(C#N)C(N(CCOC)C(C)C2CC2)C1. The number of hydrogen-bond acceptors (Lipinski definition) is 3. The summed E-state index contributed by atoms with van der Waals surface area (Å²) < 4.78 is 5.33. The monoisotopic (exact) mass is 292 g/mol. The van der Waals surface area contributed by atoms with Gasteiger partial charge in [0.05, 0.1) is 18.6 Å². The Balaban J connectivity index is 2.07. The summed E-state index contributed by atoms with van der Waals surface area (Å²) in [6, 6.07) is 3.67.